The molecule has 5 heteroatoms. The highest BCUT2D eigenvalue weighted by atomic mass is 35.5. The molecule has 1 aromatic rings. The van der Waals surface area contributed by atoms with Gasteiger partial charge < -0.3 is 9.84 Å². The lowest BCUT2D eigenvalue weighted by Gasteiger charge is -2.07. The summed E-state index contributed by atoms with van der Waals surface area (Å²) >= 11 is 5.58. The SMILES string of the molecule is COC(O)c1nccnc1Cl. The highest BCUT2D eigenvalue weighted by Gasteiger charge is 2.11. The Hall–Kier alpha value is -0.710. The van der Waals surface area contributed by atoms with E-state index in [0.717, 1.165) is 0 Å². The largest absolute Gasteiger partial charge is 0.363 e. The number of nitrogens with zero attached hydrogens (tertiary/aromatic N) is 2. The summed E-state index contributed by atoms with van der Waals surface area (Å²) in [6, 6.07) is 0. The lowest BCUT2D eigenvalue weighted by molar-refractivity contribution is -0.0800. The number of aliphatic hydroxyl groups is 1. The first-order chi connectivity index (χ1) is 5.25. The zero-order chi connectivity index (χ0) is 8.27. The molecule has 1 unspecified atom stereocenters. The average Bonchev–Trinajstić information content (AvgIpc) is 2.04. The van der Waals surface area contributed by atoms with Crippen LogP contribution in [0.4, 0.5) is 0 Å². The molecular weight excluding hydrogens is 168 g/mol. The average molecular weight is 175 g/mol. The Bertz CT molecular complexity index is 244. The van der Waals surface area contributed by atoms with Crippen molar-refractivity contribution in [2.45, 2.75) is 6.29 Å². The van der Waals surface area contributed by atoms with Crippen LogP contribution in [-0.4, -0.2) is 22.2 Å². The van der Waals surface area contributed by atoms with Crippen molar-refractivity contribution in [2.75, 3.05) is 7.11 Å². The minimum absolute atomic E-state index is 0.154. The fraction of sp³-hybridized carbons (Fsp3) is 0.333. The van der Waals surface area contributed by atoms with Crippen LogP contribution in [0.5, 0.6) is 0 Å². The number of aliphatic hydroxyl groups excluding tert-OH is 1. The second-order valence-corrected chi connectivity index (χ2v) is 2.18. The van der Waals surface area contributed by atoms with Gasteiger partial charge in [-0.2, -0.15) is 0 Å². The third-order valence-corrected chi connectivity index (χ3v) is 1.43. The number of ether oxygens (including phenoxy) is 1. The third kappa shape index (κ3) is 1.86. The minimum atomic E-state index is -1.10. The second kappa shape index (κ2) is 3.61. The van der Waals surface area contributed by atoms with Gasteiger partial charge in [0, 0.05) is 19.5 Å². The van der Waals surface area contributed by atoms with Gasteiger partial charge in [-0.3, -0.25) is 4.98 Å². The molecule has 1 N–H and O–H groups in total. The van der Waals surface area contributed by atoms with E-state index in [4.69, 9.17) is 16.7 Å². The molecule has 0 aliphatic heterocycles. The Labute approximate surface area is 68.8 Å². The van der Waals surface area contributed by atoms with E-state index >= 15 is 0 Å². The molecule has 0 saturated heterocycles. The standard InChI is InChI=1S/C6H7ClN2O2/c1-11-6(10)4-5(7)9-3-2-8-4/h2-3,6,10H,1H3. The van der Waals surface area contributed by atoms with E-state index in [2.05, 4.69) is 14.7 Å². The van der Waals surface area contributed by atoms with Crippen molar-refractivity contribution in [3.8, 4) is 0 Å². The predicted octanol–water partition coefficient (Wildman–Crippen LogP) is 0.767. The number of rotatable bonds is 2. The summed E-state index contributed by atoms with van der Waals surface area (Å²) in [4.78, 5) is 7.49. The Morgan fingerprint density at radius 3 is 2.73 bits per heavy atom. The molecule has 0 amide bonds. The van der Waals surface area contributed by atoms with Crippen LogP contribution >= 0.6 is 11.6 Å². The monoisotopic (exact) mass is 174 g/mol. The lowest BCUT2D eigenvalue weighted by atomic mass is 10.4. The van der Waals surface area contributed by atoms with Gasteiger partial charge in [-0.25, -0.2) is 4.98 Å². The van der Waals surface area contributed by atoms with Crippen LogP contribution in [0.3, 0.4) is 0 Å². The van der Waals surface area contributed by atoms with Gasteiger partial charge in [0.15, 0.2) is 5.15 Å². The Kier molecular flexibility index (Phi) is 2.76. The van der Waals surface area contributed by atoms with Crippen LogP contribution in [-0.2, 0) is 4.74 Å². The first kappa shape index (κ1) is 8.39. The van der Waals surface area contributed by atoms with Crippen molar-refractivity contribution in [3.63, 3.8) is 0 Å². The molecule has 0 aromatic carbocycles. The minimum Gasteiger partial charge on any atom is -0.363 e. The number of hydrogen-bond acceptors (Lipinski definition) is 4. The molecule has 4 nitrogen and oxygen atoms in total. The Morgan fingerprint density at radius 1 is 1.55 bits per heavy atom. The summed E-state index contributed by atoms with van der Waals surface area (Å²) in [6.45, 7) is 0. The van der Waals surface area contributed by atoms with Gasteiger partial charge in [0.2, 0.25) is 6.29 Å². The van der Waals surface area contributed by atoms with Crippen molar-refractivity contribution in [1.82, 2.24) is 9.97 Å². The maximum Gasteiger partial charge on any atom is 0.201 e. The number of methoxy groups -OCH3 is 1. The molecule has 0 saturated carbocycles. The van der Waals surface area contributed by atoms with Gasteiger partial charge in [0.25, 0.3) is 0 Å². The molecule has 1 atom stereocenters. The fourth-order valence-corrected chi connectivity index (χ4v) is 0.808. The topological polar surface area (TPSA) is 55.2 Å². The normalized spacial score (nSPS) is 13.0. The zero-order valence-electron chi connectivity index (χ0n) is 5.86. The van der Waals surface area contributed by atoms with Crippen molar-refractivity contribution in [1.29, 1.82) is 0 Å². The quantitative estimate of drug-likeness (QED) is 0.673. The first-order valence-electron chi connectivity index (χ1n) is 2.93. The van der Waals surface area contributed by atoms with Crippen molar-refractivity contribution < 1.29 is 9.84 Å². The van der Waals surface area contributed by atoms with Crippen LogP contribution in [0, 0.1) is 0 Å². The molecular formula is C6H7ClN2O2. The van der Waals surface area contributed by atoms with Crippen LogP contribution in [0.25, 0.3) is 0 Å². The summed E-state index contributed by atoms with van der Waals surface area (Å²) in [7, 11) is 1.36. The van der Waals surface area contributed by atoms with E-state index in [0.29, 0.717) is 0 Å². The lowest BCUT2D eigenvalue weighted by Crippen LogP contribution is -2.03. The van der Waals surface area contributed by atoms with Gasteiger partial charge in [0.05, 0.1) is 0 Å². The zero-order valence-corrected chi connectivity index (χ0v) is 6.62. The highest BCUT2D eigenvalue weighted by molar-refractivity contribution is 6.30. The Balaban J connectivity index is 2.93. The van der Waals surface area contributed by atoms with E-state index in [1.165, 1.54) is 19.5 Å². The second-order valence-electron chi connectivity index (χ2n) is 1.82. The van der Waals surface area contributed by atoms with Gasteiger partial charge in [-0.1, -0.05) is 11.6 Å². The summed E-state index contributed by atoms with van der Waals surface area (Å²) in [5, 5.41) is 9.26. The fourth-order valence-electron chi connectivity index (χ4n) is 0.609. The van der Waals surface area contributed by atoms with Crippen molar-refractivity contribution >= 4 is 11.6 Å². The van der Waals surface area contributed by atoms with Crippen molar-refractivity contribution in [2.24, 2.45) is 0 Å². The molecule has 1 heterocycles. The van der Waals surface area contributed by atoms with E-state index in [1.54, 1.807) is 0 Å². The summed E-state index contributed by atoms with van der Waals surface area (Å²) in [6.07, 6.45) is 1.77. The molecule has 0 bridgehead atoms. The maximum absolute atomic E-state index is 9.10. The van der Waals surface area contributed by atoms with Crippen LogP contribution in [0.2, 0.25) is 5.15 Å². The first-order valence-corrected chi connectivity index (χ1v) is 3.30. The third-order valence-electron chi connectivity index (χ3n) is 1.14. The number of hydrogen-bond donors (Lipinski definition) is 1. The molecule has 0 aliphatic rings. The summed E-state index contributed by atoms with van der Waals surface area (Å²) < 4.78 is 4.59. The molecule has 11 heavy (non-hydrogen) atoms. The molecule has 0 radical (unpaired) electrons. The molecule has 1 rings (SSSR count). The Morgan fingerprint density at radius 2 is 2.18 bits per heavy atom. The molecule has 0 fully saturated rings. The van der Waals surface area contributed by atoms with Gasteiger partial charge in [-0.05, 0) is 0 Å². The van der Waals surface area contributed by atoms with Gasteiger partial charge in [-0.15, -0.1) is 0 Å². The van der Waals surface area contributed by atoms with Gasteiger partial charge in [0.1, 0.15) is 5.69 Å². The molecule has 0 spiro atoms. The van der Waals surface area contributed by atoms with E-state index < -0.39 is 6.29 Å². The maximum atomic E-state index is 9.10. The number of halogens is 1. The van der Waals surface area contributed by atoms with E-state index in [1.807, 2.05) is 0 Å². The molecule has 0 aliphatic carbocycles. The predicted molar refractivity (Wildman–Crippen MR) is 39.0 cm³/mol. The van der Waals surface area contributed by atoms with E-state index in [9.17, 15) is 0 Å². The van der Waals surface area contributed by atoms with Crippen LogP contribution < -0.4 is 0 Å². The van der Waals surface area contributed by atoms with E-state index in [-0.39, 0.29) is 10.8 Å². The smallest absolute Gasteiger partial charge is 0.201 e. The summed E-state index contributed by atoms with van der Waals surface area (Å²) in [5.41, 5.74) is 0.233. The van der Waals surface area contributed by atoms with Crippen molar-refractivity contribution in [3.05, 3.63) is 23.2 Å². The molecule has 60 valence electrons. The van der Waals surface area contributed by atoms with Crippen LogP contribution in [0.1, 0.15) is 12.0 Å². The highest BCUT2D eigenvalue weighted by Crippen LogP contribution is 2.17. The van der Waals surface area contributed by atoms with Crippen LogP contribution in [0.15, 0.2) is 12.4 Å². The summed E-state index contributed by atoms with van der Waals surface area (Å²) in [5.74, 6) is 0. The molecule has 1 aromatic heterocycles. The van der Waals surface area contributed by atoms with Gasteiger partial charge >= 0.3 is 0 Å². The number of aromatic nitrogens is 2.